The number of pyridine rings is 1. The molecule has 2 aromatic carbocycles. The lowest BCUT2D eigenvalue weighted by Gasteiger charge is -2.06. The molecule has 2 nitrogen and oxygen atoms in total. The summed E-state index contributed by atoms with van der Waals surface area (Å²) in [5.74, 6) is -0.258. The molecular weight excluding hydrogens is 239 g/mol. The molecular formula is C16H13FN2. The van der Waals surface area contributed by atoms with E-state index in [4.69, 9.17) is 5.73 Å². The van der Waals surface area contributed by atoms with Crippen LogP contribution in [0.1, 0.15) is 5.56 Å². The second-order valence-corrected chi connectivity index (χ2v) is 4.42. The van der Waals surface area contributed by atoms with Crippen LogP contribution in [0.25, 0.3) is 22.0 Å². The number of aromatic nitrogens is 1. The number of halogens is 1. The fourth-order valence-electron chi connectivity index (χ4n) is 2.15. The summed E-state index contributed by atoms with van der Waals surface area (Å²) in [5, 5.41) is 1.04. The second kappa shape index (κ2) is 4.78. The number of rotatable bonds is 2. The molecule has 0 aliphatic carbocycles. The number of nitrogens with zero attached hydrogens (tertiary/aromatic N) is 1. The highest BCUT2D eigenvalue weighted by Gasteiger charge is 2.05. The number of fused-ring (bicyclic) bond motifs is 1. The quantitative estimate of drug-likeness (QED) is 0.758. The molecule has 0 saturated heterocycles. The molecule has 3 rings (SSSR count). The summed E-state index contributed by atoms with van der Waals surface area (Å²) in [4.78, 5) is 4.27. The van der Waals surface area contributed by atoms with Gasteiger partial charge in [-0.25, -0.2) is 4.39 Å². The average Bonchev–Trinajstić information content (AvgIpc) is 2.46. The minimum Gasteiger partial charge on any atom is -0.326 e. The summed E-state index contributed by atoms with van der Waals surface area (Å²) in [5.41, 5.74) is 8.76. The third kappa shape index (κ3) is 2.20. The Morgan fingerprint density at radius 2 is 1.79 bits per heavy atom. The molecule has 0 amide bonds. The van der Waals surface area contributed by atoms with Crippen molar-refractivity contribution in [2.75, 3.05) is 0 Å². The summed E-state index contributed by atoms with van der Waals surface area (Å²) in [7, 11) is 0. The summed E-state index contributed by atoms with van der Waals surface area (Å²) in [6.07, 6.45) is 1.76. The molecule has 3 heteroatoms. The lowest BCUT2D eigenvalue weighted by molar-refractivity contribution is 0.611. The van der Waals surface area contributed by atoms with E-state index in [-0.39, 0.29) is 12.4 Å². The topological polar surface area (TPSA) is 38.9 Å². The Labute approximate surface area is 110 Å². The Bertz CT molecular complexity index is 738. The van der Waals surface area contributed by atoms with Gasteiger partial charge in [-0.15, -0.1) is 0 Å². The molecule has 0 radical (unpaired) electrons. The van der Waals surface area contributed by atoms with Crippen molar-refractivity contribution in [1.29, 1.82) is 0 Å². The van der Waals surface area contributed by atoms with Crippen molar-refractivity contribution >= 4 is 10.9 Å². The van der Waals surface area contributed by atoms with Crippen LogP contribution in [0.3, 0.4) is 0 Å². The van der Waals surface area contributed by atoms with Gasteiger partial charge in [0.25, 0.3) is 0 Å². The molecule has 94 valence electrons. The summed E-state index contributed by atoms with van der Waals surface area (Å²) < 4.78 is 13.8. The van der Waals surface area contributed by atoms with Gasteiger partial charge in [-0.1, -0.05) is 24.3 Å². The minimum atomic E-state index is -0.258. The van der Waals surface area contributed by atoms with Crippen LogP contribution in [0.5, 0.6) is 0 Å². The molecule has 0 spiro atoms. The van der Waals surface area contributed by atoms with E-state index in [1.165, 1.54) is 6.07 Å². The first kappa shape index (κ1) is 11.8. The molecule has 3 aromatic rings. The first-order valence-electron chi connectivity index (χ1n) is 6.11. The van der Waals surface area contributed by atoms with Gasteiger partial charge < -0.3 is 5.73 Å². The van der Waals surface area contributed by atoms with Crippen LogP contribution in [0, 0.1) is 5.82 Å². The van der Waals surface area contributed by atoms with Gasteiger partial charge in [0.15, 0.2) is 0 Å². The van der Waals surface area contributed by atoms with Crippen LogP contribution < -0.4 is 5.73 Å². The largest absolute Gasteiger partial charge is 0.326 e. The Kier molecular flexibility index (Phi) is 2.97. The van der Waals surface area contributed by atoms with E-state index >= 15 is 0 Å². The summed E-state index contributed by atoms with van der Waals surface area (Å²) in [6.45, 7) is 0.216. The average molecular weight is 252 g/mol. The number of hydrogen-bond acceptors (Lipinski definition) is 2. The molecule has 0 unspecified atom stereocenters. The van der Waals surface area contributed by atoms with Crippen molar-refractivity contribution in [2.24, 2.45) is 5.73 Å². The maximum absolute atomic E-state index is 13.8. The van der Waals surface area contributed by atoms with Crippen molar-refractivity contribution in [1.82, 2.24) is 4.98 Å². The molecule has 2 N–H and O–H groups in total. The fourth-order valence-corrected chi connectivity index (χ4v) is 2.15. The first-order chi connectivity index (χ1) is 9.28. The van der Waals surface area contributed by atoms with Gasteiger partial charge in [-0.3, -0.25) is 4.98 Å². The Morgan fingerprint density at radius 3 is 2.58 bits per heavy atom. The van der Waals surface area contributed by atoms with E-state index in [0.717, 1.165) is 22.0 Å². The standard InChI is InChI=1S/C16H13FN2/c17-15-9-12(3-4-14(15)10-18)11-5-6-16-13(8-11)2-1-7-19-16/h1-9H,10,18H2. The monoisotopic (exact) mass is 252 g/mol. The predicted octanol–water partition coefficient (Wildman–Crippen LogP) is 3.50. The van der Waals surface area contributed by atoms with Gasteiger partial charge in [-0.2, -0.15) is 0 Å². The van der Waals surface area contributed by atoms with Gasteiger partial charge in [0.05, 0.1) is 5.52 Å². The second-order valence-electron chi connectivity index (χ2n) is 4.42. The van der Waals surface area contributed by atoms with Crippen LogP contribution in [0.15, 0.2) is 54.7 Å². The van der Waals surface area contributed by atoms with Gasteiger partial charge in [0.1, 0.15) is 5.82 Å². The van der Waals surface area contributed by atoms with E-state index in [1.54, 1.807) is 12.3 Å². The fraction of sp³-hybridized carbons (Fsp3) is 0.0625. The lowest BCUT2D eigenvalue weighted by atomic mass is 10.0. The maximum Gasteiger partial charge on any atom is 0.128 e. The Balaban J connectivity index is 2.11. The molecule has 0 fully saturated rings. The zero-order chi connectivity index (χ0) is 13.2. The molecule has 19 heavy (non-hydrogen) atoms. The molecule has 0 atom stereocenters. The Hall–Kier alpha value is -2.26. The predicted molar refractivity (Wildman–Crippen MR) is 75.0 cm³/mol. The van der Waals surface area contributed by atoms with Gasteiger partial charge >= 0.3 is 0 Å². The molecule has 0 saturated carbocycles. The molecule has 0 bridgehead atoms. The number of nitrogens with two attached hydrogens (primary N) is 1. The highest BCUT2D eigenvalue weighted by molar-refractivity contribution is 5.84. The number of hydrogen-bond donors (Lipinski definition) is 1. The van der Waals surface area contributed by atoms with E-state index in [9.17, 15) is 4.39 Å². The summed E-state index contributed by atoms with van der Waals surface area (Å²) >= 11 is 0. The Morgan fingerprint density at radius 1 is 1.00 bits per heavy atom. The zero-order valence-corrected chi connectivity index (χ0v) is 10.3. The SMILES string of the molecule is NCc1ccc(-c2ccc3ncccc3c2)cc1F. The highest BCUT2D eigenvalue weighted by atomic mass is 19.1. The first-order valence-corrected chi connectivity index (χ1v) is 6.11. The number of benzene rings is 2. The van der Waals surface area contributed by atoms with Crippen LogP contribution in [0.4, 0.5) is 4.39 Å². The third-order valence-electron chi connectivity index (χ3n) is 3.21. The minimum absolute atomic E-state index is 0.216. The van der Waals surface area contributed by atoms with Gasteiger partial charge in [0, 0.05) is 23.7 Å². The van der Waals surface area contributed by atoms with Gasteiger partial charge in [0.2, 0.25) is 0 Å². The molecule has 0 aliphatic heterocycles. The smallest absolute Gasteiger partial charge is 0.128 e. The van der Waals surface area contributed by atoms with Crippen molar-refractivity contribution in [2.45, 2.75) is 6.54 Å². The third-order valence-corrected chi connectivity index (χ3v) is 3.21. The normalized spacial score (nSPS) is 10.8. The van der Waals surface area contributed by atoms with Crippen LogP contribution in [0.2, 0.25) is 0 Å². The van der Waals surface area contributed by atoms with Crippen LogP contribution >= 0.6 is 0 Å². The molecule has 1 heterocycles. The van der Waals surface area contributed by atoms with E-state index < -0.39 is 0 Å². The van der Waals surface area contributed by atoms with E-state index in [2.05, 4.69) is 4.98 Å². The van der Waals surface area contributed by atoms with Crippen LogP contribution in [-0.2, 0) is 6.54 Å². The summed E-state index contributed by atoms with van der Waals surface area (Å²) in [6, 6.07) is 15.0. The maximum atomic E-state index is 13.8. The van der Waals surface area contributed by atoms with Crippen molar-refractivity contribution in [3.63, 3.8) is 0 Å². The van der Waals surface area contributed by atoms with Gasteiger partial charge in [-0.05, 0) is 35.4 Å². The highest BCUT2D eigenvalue weighted by Crippen LogP contribution is 2.25. The van der Waals surface area contributed by atoms with E-state index in [1.807, 2.05) is 36.4 Å². The van der Waals surface area contributed by atoms with E-state index in [0.29, 0.717) is 5.56 Å². The molecule has 1 aromatic heterocycles. The zero-order valence-electron chi connectivity index (χ0n) is 10.3. The van der Waals surface area contributed by atoms with Crippen LogP contribution in [-0.4, -0.2) is 4.98 Å². The molecule has 0 aliphatic rings. The van der Waals surface area contributed by atoms with Crippen molar-refractivity contribution < 1.29 is 4.39 Å². The van der Waals surface area contributed by atoms with Crippen molar-refractivity contribution in [3.8, 4) is 11.1 Å². The lowest BCUT2D eigenvalue weighted by Crippen LogP contribution is -1.99. The van der Waals surface area contributed by atoms with Crippen molar-refractivity contribution in [3.05, 3.63) is 66.1 Å².